The summed E-state index contributed by atoms with van der Waals surface area (Å²) in [5, 5.41) is 9.93. The van der Waals surface area contributed by atoms with Gasteiger partial charge in [0, 0.05) is 18.7 Å². The van der Waals surface area contributed by atoms with Crippen LogP contribution in [0.5, 0.6) is 5.75 Å². The number of ether oxygens (including phenoxy) is 2. The first-order valence-electron chi connectivity index (χ1n) is 10.3. The summed E-state index contributed by atoms with van der Waals surface area (Å²) in [6, 6.07) is 12.7. The summed E-state index contributed by atoms with van der Waals surface area (Å²) in [5.74, 6) is -1.29. The summed E-state index contributed by atoms with van der Waals surface area (Å²) in [6.07, 6.45) is 0. The van der Waals surface area contributed by atoms with Gasteiger partial charge in [0.05, 0.1) is 12.7 Å². The van der Waals surface area contributed by atoms with E-state index in [1.165, 1.54) is 23.5 Å². The molecule has 1 aromatic heterocycles. The second kappa shape index (κ2) is 10.9. The zero-order valence-electron chi connectivity index (χ0n) is 18.8. The Labute approximate surface area is 196 Å². The van der Waals surface area contributed by atoms with E-state index in [2.05, 4.69) is 15.5 Å². The standard InChI is InChI=1S/C22H24N4O7S/c1-4-26(5-2)34(29,30)18-13-16(11-12-17(18)31-3)21(28)32-14-19(27)23-22-25-24-20(33-22)15-9-7-6-8-10-15/h6-13H,4-5,14H2,1-3H3,(H,23,25,27). The van der Waals surface area contributed by atoms with E-state index in [-0.39, 0.29) is 41.2 Å². The van der Waals surface area contributed by atoms with Gasteiger partial charge >= 0.3 is 12.0 Å². The molecule has 3 rings (SSSR count). The first-order chi connectivity index (χ1) is 16.3. The highest BCUT2D eigenvalue weighted by molar-refractivity contribution is 7.89. The first-order valence-corrected chi connectivity index (χ1v) is 11.8. The van der Waals surface area contributed by atoms with Gasteiger partial charge < -0.3 is 13.9 Å². The number of hydrogen-bond donors (Lipinski definition) is 1. The minimum absolute atomic E-state index is 0.0523. The number of sulfonamides is 1. The molecule has 0 unspecified atom stereocenters. The van der Waals surface area contributed by atoms with Crippen molar-refractivity contribution in [1.82, 2.24) is 14.5 Å². The third kappa shape index (κ3) is 5.58. The molecule has 0 aliphatic heterocycles. The van der Waals surface area contributed by atoms with Crippen LogP contribution in [-0.2, 0) is 19.6 Å². The van der Waals surface area contributed by atoms with Crippen LogP contribution in [0.25, 0.3) is 11.5 Å². The van der Waals surface area contributed by atoms with Crippen molar-refractivity contribution in [2.75, 3.05) is 32.1 Å². The summed E-state index contributed by atoms with van der Waals surface area (Å²) < 4.78 is 42.6. The van der Waals surface area contributed by atoms with Gasteiger partial charge in [0.1, 0.15) is 10.6 Å². The summed E-state index contributed by atoms with van der Waals surface area (Å²) in [6.45, 7) is 3.26. The highest BCUT2D eigenvalue weighted by Gasteiger charge is 2.27. The van der Waals surface area contributed by atoms with E-state index in [0.717, 1.165) is 6.07 Å². The molecule has 0 aliphatic rings. The molecular formula is C22H24N4O7S. The second-order valence-corrected chi connectivity index (χ2v) is 8.76. The van der Waals surface area contributed by atoms with E-state index < -0.39 is 28.5 Å². The quantitative estimate of drug-likeness (QED) is 0.426. The predicted octanol–water partition coefficient (Wildman–Crippen LogP) is 2.57. The third-order valence-corrected chi connectivity index (χ3v) is 6.82. The largest absolute Gasteiger partial charge is 0.495 e. The van der Waals surface area contributed by atoms with E-state index in [9.17, 15) is 18.0 Å². The molecule has 12 heteroatoms. The van der Waals surface area contributed by atoms with Crippen molar-refractivity contribution in [3.63, 3.8) is 0 Å². The minimum Gasteiger partial charge on any atom is -0.495 e. The number of nitrogens with zero attached hydrogens (tertiary/aromatic N) is 3. The van der Waals surface area contributed by atoms with Crippen molar-refractivity contribution in [3.8, 4) is 17.2 Å². The molecule has 0 fully saturated rings. The normalized spacial score (nSPS) is 11.3. The summed E-state index contributed by atoms with van der Waals surface area (Å²) in [7, 11) is -2.57. The summed E-state index contributed by atoms with van der Waals surface area (Å²) >= 11 is 0. The highest BCUT2D eigenvalue weighted by Crippen LogP contribution is 2.28. The van der Waals surface area contributed by atoms with E-state index >= 15 is 0 Å². The van der Waals surface area contributed by atoms with Crippen molar-refractivity contribution in [2.24, 2.45) is 0 Å². The Bertz CT molecular complexity index is 1260. The molecule has 0 radical (unpaired) electrons. The minimum atomic E-state index is -3.90. The van der Waals surface area contributed by atoms with Gasteiger partial charge in [-0.25, -0.2) is 13.2 Å². The Balaban J connectivity index is 1.67. The number of carbonyl (C=O) groups excluding carboxylic acids is 2. The monoisotopic (exact) mass is 488 g/mol. The van der Waals surface area contributed by atoms with E-state index in [1.54, 1.807) is 38.1 Å². The number of rotatable bonds is 10. The van der Waals surface area contributed by atoms with Crippen molar-refractivity contribution >= 4 is 27.9 Å². The number of carbonyl (C=O) groups is 2. The predicted molar refractivity (Wildman–Crippen MR) is 122 cm³/mol. The van der Waals surface area contributed by atoms with Crippen LogP contribution in [0.3, 0.4) is 0 Å². The number of aromatic nitrogens is 2. The molecule has 1 N–H and O–H groups in total. The molecule has 1 heterocycles. The average Bonchev–Trinajstić information content (AvgIpc) is 3.31. The number of benzene rings is 2. The highest BCUT2D eigenvalue weighted by atomic mass is 32.2. The number of nitrogens with one attached hydrogen (secondary N) is 1. The summed E-state index contributed by atoms with van der Waals surface area (Å²) in [5.41, 5.74) is 0.625. The number of amides is 1. The topological polar surface area (TPSA) is 141 Å². The van der Waals surface area contributed by atoms with E-state index in [0.29, 0.717) is 5.56 Å². The lowest BCUT2D eigenvalue weighted by molar-refractivity contribution is -0.119. The molecule has 3 aromatic rings. The van der Waals surface area contributed by atoms with Gasteiger partial charge in [-0.05, 0) is 30.3 Å². The lowest BCUT2D eigenvalue weighted by Gasteiger charge is -2.20. The zero-order valence-corrected chi connectivity index (χ0v) is 19.7. The van der Waals surface area contributed by atoms with Gasteiger partial charge in [-0.15, -0.1) is 5.10 Å². The average molecular weight is 489 g/mol. The van der Waals surface area contributed by atoms with Crippen LogP contribution in [-0.4, -0.2) is 61.6 Å². The van der Waals surface area contributed by atoms with Gasteiger partial charge in [-0.2, -0.15) is 4.31 Å². The Hall–Kier alpha value is -3.77. The van der Waals surface area contributed by atoms with Crippen LogP contribution in [0.15, 0.2) is 57.8 Å². The van der Waals surface area contributed by atoms with Gasteiger partial charge in [0.15, 0.2) is 6.61 Å². The van der Waals surface area contributed by atoms with Crippen molar-refractivity contribution in [2.45, 2.75) is 18.7 Å². The maximum Gasteiger partial charge on any atom is 0.338 e. The van der Waals surface area contributed by atoms with Crippen LogP contribution in [0.1, 0.15) is 24.2 Å². The zero-order chi connectivity index (χ0) is 24.7. The maximum atomic E-state index is 12.9. The van der Waals surface area contributed by atoms with Crippen LogP contribution in [0.4, 0.5) is 6.01 Å². The summed E-state index contributed by atoms with van der Waals surface area (Å²) in [4.78, 5) is 24.5. The SMILES string of the molecule is CCN(CC)S(=O)(=O)c1cc(C(=O)OCC(=O)Nc2nnc(-c3ccccc3)o2)ccc1OC. The molecule has 11 nitrogen and oxygen atoms in total. The molecule has 0 saturated carbocycles. The molecule has 0 saturated heterocycles. The molecule has 0 aliphatic carbocycles. The molecular weight excluding hydrogens is 464 g/mol. The number of hydrogen-bond acceptors (Lipinski definition) is 9. The fraction of sp³-hybridized carbons (Fsp3) is 0.273. The third-order valence-electron chi connectivity index (χ3n) is 4.75. The lowest BCUT2D eigenvalue weighted by Crippen LogP contribution is -2.31. The van der Waals surface area contributed by atoms with Crippen molar-refractivity contribution < 1.29 is 31.9 Å². The van der Waals surface area contributed by atoms with Crippen molar-refractivity contribution in [1.29, 1.82) is 0 Å². The van der Waals surface area contributed by atoms with Gasteiger partial charge in [-0.3, -0.25) is 10.1 Å². The molecule has 180 valence electrons. The smallest absolute Gasteiger partial charge is 0.338 e. The van der Waals surface area contributed by atoms with Crippen LogP contribution < -0.4 is 10.1 Å². The number of esters is 1. The lowest BCUT2D eigenvalue weighted by atomic mass is 10.2. The maximum absolute atomic E-state index is 12.9. The number of methoxy groups -OCH3 is 1. The van der Waals surface area contributed by atoms with Gasteiger partial charge in [0.25, 0.3) is 5.91 Å². The van der Waals surface area contributed by atoms with Gasteiger partial charge in [-0.1, -0.05) is 37.1 Å². The fourth-order valence-electron chi connectivity index (χ4n) is 3.05. The number of anilines is 1. The fourth-order valence-corrected chi connectivity index (χ4v) is 4.69. The van der Waals surface area contributed by atoms with Crippen LogP contribution in [0, 0.1) is 0 Å². The second-order valence-electron chi connectivity index (χ2n) is 6.86. The Kier molecular flexibility index (Phi) is 7.97. The Morgan fingerprint density at radius 1 is 1.06 bits per heavy atom. The molecule has 0 bridgehead atoms. The van der Waals surface area contributed by atoms with Crippen LogP contribution in [0.2, 0.25) is 0 Å². The Morgan fingerprint density at radius 2 is 1.76 bits per heavy atom. The van der Waals surface area contributed by atoms with Gasteiger partial charge in [0.2, 0.25) is 15.9 Å². The Morgan fingerprint density at radius 3 is 2.41 bits per heavy atom. The molecule has 1 amide bonds. The molecule has 34 heavy (non-hydrogen) atoms. The first kappa shape index (κ1) is 24.9. The molecule has 0 atom stereocenters. The molecule has 0 spiro atoms. The van der Waals surface area contributed by atoms with E-state index in [4.69, 9.17) is 13.9 Å². The molecule has 2 aromatic carbocycles. The van der Waals surface area contributed by atoms with Crippen LogP contribution >= 0.6 is 0 Å². The van der Waals surface area contributed by atoms with E-state index in [1.807, 2.05) is 6.07 Å². The van der Waals surface area contributed by atoms with Crippen molar-refractivity contribution in [3.05, 3.63) is 54.1 Å².